The molecule has 0 aromatic carbocycles. The summed E-state index contributed by atoms with van der Waals surface area (Å²) in [6, 6.07) is 0. The predicted octanol–water partition coefficient (Wildman–Crippen LogP) is 1.51. The molecule has 0 aromatic rings. The zero-order valence-electron chi connectivity index (χ0n) is 6.13. The summed E-state index contributed by atoms with van der Waals surface area (Å²) in [7, 11) is 0. The molecule has 1 unspecified atom stereocenters. The summed E-state index contributed by atoms with van der Waals surface area (Å²) in [6.07, 6.45) is 2.04. The lowest BCUT2D eigenvalue weighted by Crippen LogP contribution is -2.05. The van der Waals surface area contributed by atoms with E-state index in [0.717, 1.165) is 5.71 Å². The van der Waals surface area contributed by atoms with Gasteiger partial charge in [-0.05, 0) is 12.8 Å². The number of nitrogens with zero attached hydrogens (tertiary/aromatic N) is 2. The molecule has 0 N–H and O–H groups in total. The third kappa shape index (κ3) is 1.37. The van der Waals surface area contributed by atoms with Crippen LogP contribution in [0.1, 0.15) is 20.8 Å². The van der Waals surface area contributed by atoms with Crippen molar-refractivity contribution in [3.63, 3.8) is 0 Å². The van der Waals surface area contributed by atoms with Crippen molar-refractivity contribution >= 4 is 11.9 Å². The van der Waals surface area contributed by atoms with E-state index in [1.54, 1.807) is 0 Å². The molecule has 1 atom stereocenters. The van der Waals surface area contributed by atoms with Crippen molar-refractivity contribution in [2.75, 3.05) is 0 Å². The van der Waals surface area contributed by atoms with Gasteiger partial charge < -0.3 is 0 Å². The molecule has 1 heterocycles. The third-order valence-electron chi connectivity index (χ3n) is 1.35. The van der Waals surface area contributed by atoms with Crippen LogP contribution in [0.5, 0.6) is 0 Å². The molecule has 0 fully saturated rings. The first-order valence-electron chi connectivity index (χ1n) is 3.31. The normalized spacial score (nSPS) is 25.3. The summed E-state index contributed by atoms with van der Waals surface area (Å²) >= 11 is 0. The average molecular weight is 124 g/mol. The van der Waals surface area contributed by atoms with E-state index in [1.165, 1.54) is 0 Å². The highest BCUT2D eigenvalue weighted by Gasteiger charge is 2.08. The lowest BCUT2D eigenvalue weighted by molar-refractivity contribution is 0.799. The van der Waals surface area contributed by atoms with E-state index in [-0.39, 0.29) is 6.17 Å². The fraction of sp³-hybridized carbons (Fsp3) is 0.714. The van der Waals surface area contributed by atoms with Gasteiger partial charge in [0.25, 0.3) is 0 Å². The second kappa shape index (κ2) is 2.29. The van der Waals surface area contributed by atoms with Crippen LogP contribution < -0.4 is 0 Å². The lowest BCUT2D eigenvalue weighted by atomic mass is 10.1. The van der Waals surface area contributed by atoms with Crippen LogP contribution in [-0.4, -0.2) is 18.1 Å². The van der Waals surface area contributed by atoms with Crippen LogP contribution >= 0.6 is 0 Å². The van der Waals surface area contributed by atoms with E-state index in [0.29, 0.717) is 5.92 Å². The smallest absolute Gasteiger partial charge is 0.137 e. The largest absolute Gasteiger partial charge is 0.265 e. The molecule has 0 bridgehead atoms. The van der Waals surface area contributed by atoms with Gasteiger partial charge in [0.1, 0.15) is 6.17 Å². The standard InChI is InChI=1S/C7H12N2/c1-5(2)7-4-8-6(3)9-7/h4-6H,1-3H3. The molecule has 0 aromatic heterocycles. The highest BCUT2D eigenvalue weighted by atomic mass is 15.0. The highest BCUT2D eigenvalue weighted by molar-refractivity contribution is 6.32. The predicted molar refractivity (Wildman–Crippen MR) is 40.2 cm³/mol. The van der Waals surface area contributed by atoms with Crippen molar-refractivity contribution in [3.05, 3.63) is 0 Å². The molecule has 2 nitrogen and oxygen atoms in total. The minimum absolute atomic E-state index is 0.169. The first kappa shape index (κ1) is 6.46. The molecule has 0 radical (unpaired) electrons. The molecule has 0 saturated carbocycles. The fourth-order valence-electron chi connectivity index (χ4n) is 0.765. The molecule has 0 amide bonds. The summed E-state index contributed by atoms with van der Waals surface area (Å²) in [5.74, 6) is 0.527. The van der Waals surface area contributed by atoms with Gasteiger partial charge in [-0.1, -0.05) is 13.8 Å². The maximum absolute atomic E-state index is 4.28. The van der Waals surface area contributed by atoms with Crippen molar-refractivity contribution in [3.8, 4) is 0 Å². The van der Waals surface area contributed by atoms with Gasteiger partial charge in [0.05, 0.1) is 5.71 Å². The number of hydrogen-bond donors (Lipinski definition) is 0. The van der Waals surface area contributed by atoms with E-state index >= 15 is 0 Å². The highest BCUT2D eigenvalue weighted by Crippen LogP contribution is 2.05. The Labute approximate surface area is 55.7 Å². The van der Waals surface area contributed by atoms with Crippen LogP contribution in [0.25, 0.3) is 0 Å². The zero-order chi connectivity index (χ0) is 6.85. The Kier molecular flexibility index (Phi) is 1.65. The Bertz CT molecular complexity index is 156. The van der Waals surface area contributed by atoms with E-state index < -0.39 is 0 Å². The third-order valence-corrected chi connectivity index (χ3v) is 1.35. The molecule has 1 aliphatic heterocycles. The molecule has 1 rings (SSSR count). The van der Waals surface area contributed by atoms with Crippen molar-refractivity contribution in [2.24, 2.45) is 15.9 Å². The van der Waals surface area contributed by atoms with Crippen LogP contribution in [0.4, 0.5) is 0 Å². The minimum atomic E-state index is 0.169. The van der Waals surface area contributed by atoms with Gasteiger partial charge in [-0.2, -0.15) is 0 Å². The van der Waals surface area contributed by atoms with Gasteiger partial charge in [0.2, 0.25) is 0 Å². The summed E-state index contributed by atoms with van der Waals surface area (Å²) in [5, 5.41) is 0. The average Bonchev–Trinajstić information content (AvgIpc) is 2.14. The Morgan fingerprint density at radius 3 is 2.44 bits per heavy atom. The quantitative estimate of drug-likeness (QED) is 0.506. The Morgan fingerprint density at radius 2 is 2.22 bits per heavy atom. The fourth-order valence-corrected chi connectivity index (χ4v) is 0.765. The molecule has 0 spiro atoms. The Balaban J connectivity index is 2.64. The van der Waals surface area contributed by atoms with Crippen molar-refractivity contribution < 1.29 is 0 Å². The van der Waals surface area contributed by atoms with Crippen LogP contribution in [0, 0.1) is 5.92 Å². The van der Waals surface area contributed by atoms with Crippen molar-refractivity contribution in [1.82, 2.24) is 0 Å². The Hall–Kier alpha value is -0.660. The van der Waals surface area contributed by atoms with Crippen LogP contribution in [0.15, 0.2) is 9.98 Å². The van der Waals surface area contributed by atoms with Gasteiger partial charge in [0.15, 0.2) is 0 Å². The maximum Gasteiger partial charge on any atom is 0.137 e. The maximum atomic E-state index is 4.28. The monoisotopic (exact) mass is 124 g/mol. The second-order valence-electron chi connectivity index (χ2n) is 2.62. The summed E-state index contributed by atoms with van der Waals surface area (Å²) in [6.45, 7) is 6.25. The van der Waals surface area contributed by atoms with Crippen molar-refractivity contribution in [1.29, 1.82) is 0 Å². The van der Waals surface area contributed by atoms with Crippen LogP contribution in [0.2, 0.25) is 0 Å². The van der Waals surface area contributed by atoms with Gasteiger partial charge >= 0.3 is 0 Å². The topological polar surface area (TPSA) is 24.7 Å². The molecule has 2 heteroatoms. The molecule has 0 aliphatic carbocycles. The number of aliphatic imine (C=N–C) groups is 2. The van der Waals surface area contributed by atoms with Crippen molar-refractivity contribution in [2.45, 2.75) is 26.9 Å². The molecule has 50 valence electrons. The summed E-state index contributed by atoms with van der Waals surface area (Å²) in [5.41, 5.74) is 1.13. The van der Waals surface area contributed by atoms with Gasteiger partial charge in [-0.15, -0.1) is 0 Å². The molecular formula is C7H12N2. The zero-order valence-corrected chi connectivity index (χ0v) is 6.13. The molecule has 1 aliphatic rings. The van der Waals surface area contributed by atoms with Crippen LogP contribution in [-0.2, 0) is 0 Å². The molecule has 0 saturated heterocycles. The van der Waals surface area contributed by atoms with E-state index in [4.69, 9.17) is 0 Å². The van der Waals surface area contributed by atoms with Gasteiger partial charge in [0, 0.05) is 6.21 Å². The molecular weight excluding hydrogens is 112 g/mol. The summed E-state index contributed by atoms with van der Waals surface area (Å²) in [4.78, 5) is 8.39. The second-order valence-corrected chi connectivity index (χ2v) is 2.62. The van der Waals surface area contributed by atoms with E-state index in [1.807, 2.05) is 13.1 Å². The lowest BCUT2D eigenvalue weighted by Gasteiger charge is -1.98. The SMILES string of the molecule is CC1N=CC(C(C)C)=N1. The first-order valence-corrected chi connectivity index (χ1v) is 3.31. The van der Waals surface area contributed by atoms with Gasteiger partial charge in [-0.3, -0.25) is 9.98 Å². The minimum Gasteiger partial charge on any atom is -0.265 e. The van der Waals surface area contributed by atoms with E-state index in [2.05, 4.69) is 23.8 Å². The number of hydrogen-bond acceptors (Lipinski definition) is 2. The van der Waals surface area contributed by atoms with E-state index in [9.17, 15) is 0 Å². The summed E-state index contributed by atoms with van der Waals surface area (Å²) < 4.78 is 0. The Morgan fingerprint density at radius 1 is 1.56 bits per heavy atom. The number of rotatable bonds is 1. The molecule has 9 heavy (non-hydrogen) atoms. The first-order chi connectivity index (χ1) is 4.20. The van der Waals surface area contributed by atoms with Crippen LogP contribution in [0.3, 0.4) is 0 Å². The van der Waals surface area contributed by atoms with Gasteiger partial charge in [-0.25, -0.2) is 0 Å².